The Morgan fingerprint density at radius 1 is 1.32 bits per heavy atom. The number of nitrogens with one attached hydrogen (secondary N) is 1. The van der Waals surface area contributed by atoms with Gasteiger partial charge in [-0.3, -0.25) is 14.3 Å². The van der Waals surface area contributed by atoms with E-state index in [0.29, 0.717) is 21.9 Å². The largest absolute Gasteiger partial charge is 0.468 e. The van der Waals surface area contributed by atoms with Crippen LogP contribution in [0.2, 0.25) is 5.02 Å². The Hall–Kier alpha value is -3.01. The van der Waals surface area contributed by atoms with E-state index < -0.39 is 49.9 Å². The number of carbonyl (C=O) groups is 1. The maximum atomic E-state index is 13.9. The van der Waals surface area contributed by atoms with Crippen molar-refractivity contribution in [2.24, 2.45) is 5.84 Å². The van der Waals surface area contributed by atoms with E-state index in [1.165, 1.54) is 61.7 Å². The zero-order valence-corrected chi connectivity index (χ0v) is 24.7. The number of carbonyl (C=O) groups excluding carboxylic acids is 1. The minimum absolute atomic E-state index is 0.0672. The van der Waals surface area contributed by atoms with Crippen molar-refractivity contribution < 1.29 is 38.1 Å². The summed E-state index contributed by atoms with van der Waals surface area (Å²) in [7, 11) is -1.58. The van der Waals surface area contributed by atoms with E-state index in [4.69, 9.17) is 41.7 Å². The number of hydrazine groups is 1. The summed E-state index contributed by atoms with van der Waals surface area (Å²) in [6, 6.07) is 7.62. The molecule has 4 rings (SSSR count). The molecule has 17 heteroatoms. The number of esters is 1. The number of nitrogens with two attached hydrogens (primary N) is 2. The fourth-order valence-electron chi connectivity index (χ4n) is 4.40. The SMILES string of the molecule is COC(=O)C(C)(C)NP(=O)(OCC1OC(n2ccc3c(N(C)N)nc(N)nc32)[C@](C)(O)[C@@H]1O)Oc1ccc(Cl)cc1. The Morgan fingerprint density at radius 3 is 2.59 bits per heavy atom. The van der Waals surface area contributed by atoms with Gasteiger partial charge in [0.1, 0.15) is 34.7 Å². The normalized spacial score (nSPS) is 24.3. The highest BCUT2D eigenvalue weighted by molar-refractivity contribution is 7.52. The van der Waals surface area contributed by atoms with Crippen molar-refractivity contribution in [3.05, 3.63) is 41.6 Å². The number of nitrogens with zero attached hydrogens (tertiary/aromatic N) is 4. The first-order valence-corrected chi connectivity index (χ1v) is 14.3. The Balaban J connectivity index is 1.61. The number of fused-ring (bicyclic) bond motifs is 1. The van der Waals surface area contributed by atoms with Gasteiger partial charge >= 0.3 is 13.7 Å². The molecule has 3 aromatic rings. The van der Waals surface area contributed by atoms with Crippen LogP contribution >= 0.6 is 19.3 Å². The van der Waals surface area contributed by atoms with E-state index in [1.807, 2.05) is 0 Å². The summed E-state index contributed by atoms with van der Waals surface area (Å²) in [5, 5.41) is 27.1. The van der Waals surface area contributed by atoms with Gasteiger partial charge < -0.3 is 34.5 Å². The fraction of sp³-hybridized carbons (Fsp3) is 0.458. The highest BCUT2D eigenvalue weighted by Crippen LogP contribution is 2.48. The number of methoxy groups -OCH3 is 1. The Bertz CT molecular complexity index is 1470. The molecule has 41 heavy (non-hydrogen) atoms. The van der Waals surface area contributed by atoms with Gasteiger partial charge in [0.15, 0.2) is 12.0 Å². The van der Waals surface area contributed by atoms with Crippen molar-refractivity contribution in [2.45, 2.75) is 50.3 Å². The van der Waals surface area contributed by atoms with Gasteiger partial charge in [-0.05, 0) is 51.1 Å². The number of ether oxygens (including phenoxy) is 2. The lowest BCUT2D eigenvalue weighted by Crippen LogP contribution is -2.47. The molecule has 1 fully saturated rings. The van der Waals surface area contributed by atoms with Crippen LogP contribution in [-0.4, -0.2) is 74.8 Å². The van der Waals surface area contributed by atoms with Crippen LogP contribution in [-0.2, 0) is 23.4 Å². The second-order valence-corrected chi connectivity index (χ2v) is 12.3. The number of halogens is 1. The van der Waals surface area contributed by atoms with E-state index in [2.05, 4.69) is 15.1 Å². The number of aliphatic hydroxyl groups excluding tert-OH is 1. The molecule has 0 radical (unpaired) electrons. The van der Waals surface area contributed by atoms with Crippen LogP contribution in [0, 0.1) is 0 Å². The van der Waals surface area contributed by atoms with Crippen LogP contribution in [0.15, 0.2) is 36.5 Å². The molecule has 15 nitrogen and oxygen atoms in total. The topological polar surface area (TPSA) is 210 Å². The third-order valence-electron chi connectivity index (χ3n) is 6.47. The van der Waals surface area contributed by atoms with Gasteiger partial charge in [0.05, 0.1) is 19.1 Å². The van der Waals surface area contributed by atoms with Crippen LogP contribution in [0.5, 0.6) is 5.75 Å². The number of benzene rings is 1. The number of aliphatic hydroxyl groups is 2. The summed E-state index contributed by atoms with van der Waals surface area (Å²) in [5.41, 5.74) is 2.80. The molecule has 1 aliphatic heterocycles. The van der Waals surface area contributed by atoms with Gasteiger partial charge in [-0.2, -0.15) is 15.1 Å². The number of hydrogen-bond acceptors (Lipinski definition) is 13. The van der Waals surface area contributed by atoms with E-state index in [1.54, 1.807) is 19.3 Å². The van der Waals surface area contributed by atoms with Crippen molar-refractivity contribution in [3.8, 4) is 5.75 Å². The third kappa shape index (κ3) is 6.27. The van der Waals surface area contributed by atoms with Crippen LogP contribution in [0.3, 0.4) is 0 Å². The Labute approximate surface area is 240 Å². The average molecular weight is 614 g/mol. The van der Waals surface area contributed by atoms with E-state index in [9.17, 15) is 19.6 Å². The lowest BCUT2D eigenvalue weighted by Gasteiger charge is -2.29. The highest BCUT2D eigenvalue weighted by Gasteiger charge is 2.54. The lowest BCUT2D eigenvalue weighted by atomic mass is 9.96. The number of nitrogen functional groups attached to an aromatic ring is 1. The van der Waals surface area contributed by atoms with Crippen LogP contribution in [0.1, 0.15) is 27.0 Å². The molecule has 3 unspecified atom stereocenters. The molecule has 1 aromatic carbocycles. The van der Waals surface area contributed by atoms with E-state index in [-0.39, 0.29) is 11.7 Å². The number of hydrogen-bond donors (Lipinski definition) is 5. The molecule has 5 atom stereocenters. The van der Waals surface area contributed by atoms with Gasteiger partial charge in [0.2, 0.25) is 5.95 Å². The van der Waals surface area contributed by atoms with Crippen molar-refractivity contribution in [1.29, 1.82) is 0 Å². The van der Waals surface area contributed by atoms with Crippen LogP contribution in [0.25, 0.3) is 11.0 Å². The molecule has 0 bridgehead atoms. The minimum Gasteiger partial charge on any atom is -0.468 e. The van der Waals surface area contributed by atoms with Crippen molar-refractivity contribution in [3.63, 3.8) is 0 Å². The summed E-state index contributed by atoms with van der Waals surface area (Å²) in [6.45, 7) is 3.71. The summed E-state index contributed by atoms with van der Waals surface area (Å²) in [6.07, 6.45) is -2.31. The zero-order chi connectivity index (χ0) is 30.3. The molecular formula is C24H33ClN7O8P. The molecule has 1 saturated heterocycles. The minimum atomic E-state index is -4.34. The van der Waals surface area contributed by atoms with Crippen molar-refractivity contribution >= 4 is 48.1 Å². The Kier molecular flexibility index (Phi) is 8.56. The van der Waals surface area contributed by atoms with Gasteiger partial charge in [-0.1, -0.05) is 11.6 Å². The van der Waals surface area contributed by atoms with Crippen molar-refractivity contribution in [1.82, 2.24) is 19.6 Å². The predicted molar refractivity (Wildman–Crippen MR) is 150 cm³/mol. The molecule has 3 heterocycles. The molecule has 2 aromatic heterocycles. The molecule has 1 aliphatic rings. The van der Waals surface area contributed by atoms with Crippen molar-refractivity contribution in [2.75, 3.05) is 31.5 Å². The van der Waals surface area contributed by atoms with Gasteiger partial charge in [0.25, 0.3) is 0 Å². The zero-order valence-electron chi connectivity index (χ0n) is 23.0. The smallest absolute Gasteiger partial charge is 0.459 e. The summed E-state index contributed by atoms with van der Waals surface area (Å²) < 4.78 is 37.5. The molecular weight excluding hydrogens is 581 g/mol. The lowest BCUT2D eigenvalue weighted by molar-refractivity contribution is -0.146. The number of aromatic nitrogens is 3. The molecule has 224 valence electrons. The maximum absolute atomic E-state index is 13.9. The van der Waals surface area contributed by atoms with E-state index in [0.717, 1.165) is 0 Å². The van der Waals surface area contributed by atoms with Gasteiger partial charge in [-0.15, -0.1) is 0 Å². The molecule has 0 aliphatic carbocycles. The highest BCUT2D eigenvalue weighted by atomic mass is 35.5. The van der Waals surface area contributed by atoms with Crippen LogP contribution in [0.4, 0.5) is 11.8 Å². The summed E-state index contributed by atoms with van der Waals surface area (Å²) in [4.78, 5) is 20.7. The van der Waals surface area contributed by atoms with Gasteiger partial charge in [-0.25, -0.2) is 10.4 Å². The predicted octanol–water partition coefficient (Wildman–Crippen LogP) is 1.73. The molecule has 0 saturated carbocycles. The first kappa shape index (κ1) is 30.9. The third-order valence-corrected chi connectivity index (χ3v) is 8.50. The first-order valence-electron chi connectivity index (χ1n) is 12.3. The number of anilines is 2. The first-order chi connectivity index (χ1) is 19.1. The molecule has 7 N–H and O–H groups in total. The molecule has 0 spiro atoms. The second-order valence-electron chi connectivity index (χ2n) is 10.2. The fourth-order valence-corrected chi connectivity index (χ4v) is 6.21. The average Bonchev–Trinajstić information content (AvgIpc) is 3.40. The molecule has 0 amide bonds. The summed E-state index contributed by atoms with van der Waals surface area (Å²) >= 11 is 5.94. The van der Waals surface area contributed by atoms with E-state index >= 15 is 0 Å². The monoisotopic (exact) mass is 613 g/mol. The standard InChI is InChI=1S/C24H33ClN7O8P/c1-23(2,21(34)37-5)30-41(36,40-14-8-6-13(25)7-9-14)38-12-16-17(33)24(3,35)20(39-16)32-11-10-15-18(31(4)27)28-22(26)29-19(15)32/h6-11,16-17,20,33,35H,12,27H2,1-5H3,(H,30,36)(H2,26,28,29)/t16?,17-,20?,24-,41?/m1/s1. The quantitative estimate of drug-likeness (QED) is 0.0954. The number of rotatable bonds is 10. The summed E-state index contributed by atoms with van der Waals surface area (Å²) in [5.74, 6) is 5.55. The van der Waals surface area contributed by atoms with Crippen LogP contribution < -0.4 is 26.2 Å². The Morgan fingerprint density at radius 2 is 1.98 bits per heavy atom. The van der Waals surface area contributed by atoms with Gasteiger partial charge in [0, 0.05) is 18.3 Å². The second kappa shape index (κ2) is 11.3. The maximum Gasteiger partial charge on any atom is 0.459 e.